The standard InChI is InChI=1S/C34H22N4S/c1-2-12-33-30(11-1)36-34(39-33)24-13-15-27-28-16-14-25(37-18-5-6-19-37)22-32(28)38(31(27)21-24)26-9-7-8-23(20-26)29-10-3-4-17-35-29/h1-22H. The molecule has 0 radical (unpaired) electrons. The van der Waals surface area contributed by atoms with E-state index in [9.17, 15) is 0 Å². The number of fused-ring (bicyclic) bond motifs is 4. The van der Waals surface area contributed by atoms with Gasteiger partial charge in [-0.05, 0) is 66.7 Å². The highest BCUT2D eigenvalue weighted by molar-refractivity contribution is 7.21. The van der Waals surface area contributed by atoms with Crippen molar-refractivity contribution in [2.45, 2.75) is 0 Å². The van der Waals surface area contributed by atoms with Crippen LogP contribution in [0.3, 0.4) is 0 Å². The van der Waals surface area contributed by atoms with Crippen LogP contribution in [0.25, 0.3) is 65.2 Å². The molecule has 0 unspecified atom stereocenters. The van der Waals surface area contributed by atoms with E-state index in [1.807, 2.05) is 24.4 Å². The van der Waals surface area contributed by atoms with E-state index >= 15 is 0 Å². The zero-order chi connectivity index (χ0) is 25.8. The van der Waals surface area contributed by atoms with Crippen LogP contribution in [0, 0.1) is 0 Å². The highest BCUT2D eigenvalue weighted by Gasteiger charge is 2.16. The Morgan fingerprint density at radius 3 is 2.26 bits per heavy atom. The summed E-state index contributed by atoms with van der Waals surface area (Å²) in [6, 6.07) is 40.6. The second kappa shape index (κ2) is 8.79. The average Bonchev–Trinajstić information content (AvgIpc) is 3.75. The second-order valence-corrected chi connectivity index (χ2v) is 10.6. The molecule has 0 bridgehead atoms. The Morgan fingerprint density at radius 1 is 0.590 bits per heavy atom. The Hall–Kier alpha value is -5.00. The third-order valence-electron chi connectivity index (χ3n) is 7.26. The fourth-order valence-corrected chi connectivity index (χ4v) is 6.38. The summed E-state index contributed by atoms with van der Waals surface area (Å²) in [6.45, 7) is 0. The molecule has 5 heteroatoms. The summed E-state index contributed by atoms with van der Waals surface area (Å²) in [5.74, 6) is 0. The summed E-state index contributed by atoms with van der Waals surface area (Å²) in [7, 11) is 0. The zero-order valence-electron chi connectivity index (χ0n) is 20.9. The van der Waals surface area contributed by atoms with Crippen molar-refractivity contribution in [3.63, 3.8) is 0 Å². The molecule has 0 saturated heterocycles. The Balaban J connectivity index is 1.40. The number of pyridine rings is 1. The van der Waals surface area contributed by atoms with Crippen LogP contribution in [0.2, 0.25) is 0 Å². The molecule has 184 valence electrons. The summed E-state index contributed by atoms with van der Waals surface area (Å²) in [5.41, 5.74) is 8.76. The van der Waals surface area contributed by atoms with Gasteiger partial charge < -0.3 is 9.13 Å². The molecule has 4 aromatic heterocycles. The van der Waals surface area contributed by atoms with Crippen LogP contribution in [0.5, 0.6) is 0 Å². The number of benzene rings is 4. The van der Waals surface area contributed by atoms with Crippen molar-refractivity contribution < 1.29 is 0 Å². The van der Waals surface area contributed by atoms with Gasteiger partial charge in [0.2, 0.25) is 0 Å². The predicted molar refractivity (Wildman–Crippen MR) is 162 cm³/mol. The lowest BCUT2D eigenvalue weighted by Crippen LogP contribution is -1.96. The van der Waals surface area contributed by atoms with Crippen LogP contribution < -0.4 is 0 Å². The Morgan fingerprint density at radius 2 is 1.41 bits per heavy atom. The summed E-state index contributed by atoms with van der Waals surface area (Å²) < 4.78 is 5.73. The first-order valence-corrected chi connectivity index (χ1v) is 13.7. The number of aromatic nitrogens is 4. The third kappa shape index (κ3) is 3.67. The zero-order valence-corrected chi connectivity index (χ0v) is 21.7. The molecule has 8 aromatic rings. The molecular formula is C34H22N4S. The summed E-state index contributed by atoms with van der Waals surface area (Å²) in [5, 5.41) is 3.47. The first-order valence-electron chi connectivity index (χ1n) is 12.9. The van der Waals surface area contributed by atoms with E-state index < -0.39 is 0 Å². The van der Waals surface area contributed by atoms with Gasteiger partial charge >= 0.3 is 0 Å². The summed E-state index contributed by atoms with van der Waals surface area (Å²) in [6.07, 6.45) is 6.01. The van der Waals surface area contributed by atoms with Crippen molar-refractivity contribution in [2.24, 2.45) is 0 Å². The molecule has 0 amide bonds. The second-order valence-electron chi connectivity index (χ2n) is 9.61. The lowest BCUT2D eigenvalue weighted by atomic mass is 10.1. The maximum atomic E-state index is 4.95. The lowest BCUT2D eigenvalue weighted by Gasteiger charge is -2.11. The maximum absolute atomic E-state index is 4.95. The maximum Gasteiger partial charge on any atom is 0.124 e. The normalized spacial score (nSPS) is 11.6. The van der Waals surface area contributed by atoms with Crippen molar-refractivity contribution in [1.82, 2.24) is 19.1 Å². The van der Waals surface area contributed by atoms with Gasteiger partial charge in [-0.3, -0.25) is 4.98 Å². The molecule has 8 rings (SSSR count). The number of para-hydroxylation sites is 1. The largest absolute Gasteiger partial charge is 0.324 e. The minimum Gasteiger partial charge on any atom is -0.324 e. The molecule has 4 aromatic carbocycles. The van der Waals surface area contributed by atoms with Gasteiger partial charge in [0, 0.05) is 51.9 Å². The van der Waals surface area contributed by atoms with Crippen LogP contribution in [-0.4, -0.2) is 19.1 Å². The molecular weight excluding hydrogens is 496 g/mol. The molecule has 0 aliphatic rings. The summed E-state index contributed by atoms with van der Waals surface area (Å²) >= 11 is 1.74. The Bertz CT molecular complexity index is 2090. The molecule has 4 heterocycles. The molecule has 0 fully saturated rings. The predicted octanol–water partition coefficient (Wildman–Crippen LogP) is 8.91. The number of hydrogen-bond acceptors (Lipinski definition) is 3. The van der Waals surface area contributed by atoms with E-state index in [0.29, 0.717) is 0 Å². The van der Waals surface area contributed by atoms with Crippen molar-refractivity contribution in [2.75, 3.05) is 0 Å². The number of thiazole rings is 1. The molecule has 0 spiro atoms. The van der Waals surface area contributed by atoms with E-state index in [0.717, 1.165) is 49.8 Å². The van der Waals surface area contributed by atoms with Crippen molar-refractivity contribution in [3.05, 3.63) is 134 Å². The van der Waals surface area contributed by atoms with Gasteiger partial charge in [-0.2, -0.15) is 0 Å². The minimum atomic E-state index is 0.961. The first-order chi connectivity index (χ1) is 19.3. The van der Waals surface area contributed by atoms with Crippen molar-refractivity contribution in [1.29, 1.82) is 0 Å². The quantitative estimate of drug-likeness (QED) is 0.233. The number of hydrogen-bond donors (Lipinski definition) is 0. The molecule has 0 aliphatic carbocycles. The first kappa shape index (κ1) is 22.0. The number of nitrogens with zero attached hydrogens (tertiary/aromatic N) is 4. The van der Waals surface area contributed by atoms with Gasteiger partial charge in [0.05, 0.1) is 26.9 Å². The van der Waals surface area contributed by atoms with E-state index in [1.54, 1.807) is 11.3 Å². The molecule has 0 aliphatic heterocycles. The van der Waals surface area contributed by atoms with Gasteiger partial charge in [-0.15, -0.1) is 11.3 Å². The SMILES string of the molecule is c1ccc(-c2cccc(-n3c4cc(-c5nc6ccccc6s5)ccc4c4ccc(-n5cccc5)cc43)c2)nc1. The van der Waals surface area contributed by atoms with E-state index in [4.69, 9.17) is 4.98 Å². The topological polar surface area (TPSA) is 35.6 Å². The Labute approximate surface area is 229 Å². The monoisotopic (exact) mass is 518 g/mol. The molecule has 0 saturated carbocycles. The van der Waals surface area contributed by atoms with Gasteiger partial charge in [-0.1, -0.05) is 48.5 Å². The lowest BCUT2D eigenvalue weighted by molar-refractivity contribution is 1.08. The minimum absolute atomic E-state index is 0.961. The van der Waals surface area contributed by atoms with Crippen LogP contribution in [-0.2, 0) is 0 Å². The van der Waals surface area contributed by atoms with Gasteiger partial charge in [0.15, 0.2) is 0 Å². The highest BCUT2D eigenvalue weighted by Crippen LogP contribution is 2.38. The van der Waals surface area contributed by atoms with E-state index in [1.165, 1.54) is 15.5 Å². The molecule has 0 N–H and O–H groups in total. The smallest absolute Gasteiger partial charge is 0.124 e. The highest BCUT2D eigenvalue weighted by atomic mass is 32.1. The van der Waals surface area contributed by atoms with Gasteiger partial charge in [-0.25, -0.2) is 4.98 Å². The summed E-state index contributed by atoms with van der Waals surface area (Å²) in [4.78, 5) is 9.54. The van der Waals surface area contributed by atoms with Crippen LogP contribution in [0.1, 0.15) is 0 Å². The number of rotatable bonds is 4. The molecule has 0 atom stereocenters. The fourth-order valence-electron chi connectivity index (χ4n) is 5.42. The average molecular weight is 519 g/mol. The third-order valence-corrected chi connectivity index (χ3v) is 8.34. The molecule has 39 heavy (non-hydrogen) atoms. The van der Waals surface area contributed by atoms with Crippen molar-refractivity contribution in [3.8, 4) is 33.2 Å². The van der Waals surface area contributed by atoms with Gasteiger partial charge in [0.25, 0.3) is 0 Å². The van der Waals surface area contributed by atoms with E-state index in [2.05, 4.69) is 124 Å². The van der Waals surface area contributed by atoms with Crippen LogP contribution in [0.15, 0.2) is 134 Å². The van der Waals surface area contributed by atoms with Crippen LogP contribution >= 0.6 is 11.3 Å². The van der Waals surface area contributed by atoms with Crippen molar-refractivity contribution >= 4 is 43.4 Å². The fraction of sp³-hybridized carbons (Fsp3) is 0. The van der Waals surface area contributed by atoms with Gasteiger partial charge in [0.1, 0.15) is 5.01 Å². The van der Waals surface area contributed by atoms with E-state index in [-0.39, 0.29) is 0 Å². The Kier molecular flexibility index (Phi) is 4.96. The van der Waals surface area contributed by atoms with Crippen LogP contribution in [0.4, 0.5) is 0 Å². The molecule has 4 nitrogen and oxygen atoms in total.